The van der Waals surface area contributed by atoms with Gasteiger partial charge in [-0.05, 0) is 19.3 Å². The van der Waals surface area contributed by atoms with Crippen molar-refractivity contribution in [2.75, 3.05) is 13.2 Å². The molecule has 1 amide bonds. The maximum atomic E-state index is 13.0. The molecule has 0 spiro atoms. The van der Waals surface area contributed by atoms with Gasteiger partial charge in [0.05, 0.1) is 25.4 Å². The fourth-order valence-electron chi connectivity index (χ4n) is 6.98. The zero-order valence-electron chi connectivity index (χ0n) is 34.3. The summed E-state index contributed by atoms with van der Waals surface area (Å²) in [6, 6.07) is -1.01. The summed E-state index contributed by atoms with van der Waals surface area (Å²) in [6.07, 6.45) is 30.1. The number of aliphatic hydroxyl groups is 6. The lowest BCUT2D eigenvalue weighted by atomic mass is 9.99. The van der Waals surface area contributed by atoms with E-state index in [0.29, 0.717) is 12.8 Å². The van der Waals surface area contributed by atoms with Crippen LogP contribution >= 0.6 is 0 Å². The molecule has 0 aromatic carbocycles. The maximum absolute atomic E-state index is 13.0. The van der Waals surface area contributed by atoms with Crippen molar-refractivity contribution in [2.24, 2.45) is 0 Å². The zero-order chi connectivity index (χ0) is 39.7. The topological polar surface area (TPSA) is 169 Å². The van der Waals surface area contributed by atoms with Crippen molar-refractivity contribution in [2.45, 2.75) is 236 Å². The van der Waals surface area contributed by atoms with Gasteiger partial charge in [0, 0.05) is 0 Å². The van der Waals surface area contributed by atoms with Gasteiger partial charge in [-0.3, -0.25) is 4.79 Å². The van der Waals surface area contributed by atoms with Gasteiger partial charge in [-0.1, -0.05) is 192 Å². The van der Waals surface area contributed by atoms with Crippen LogP contribution in [0.2, 0.25) is 0 Å². The van der Waals surface area contributed by atoms with Crippen LogP contribution in [0.25, 0.3) is 0 Å². The number of ether oxygens (including phenoxy) is 2. The Kier molecular flexibility index (Phi) is 32.7. The number of amides is 1. The van der Waals surface area contributed by atoms with Crippen molar-refractivity contribution < 1.29 is 44.9 Å². The van der Waals surface area contributed by atoms with Gasteiger partial charge in [-0.15, -0.1) is 0 Å². The standard InChI is InChI=1S/C44H83NO9/c1-3-5-7-9-11-13-14-15-16-17-18-19-20-21-22-23-25-27-29-31-33-38(48)43(52)45-36(37(47)32-30-28-26-24-12-10-8-6-4-2)35-53-44-42(51)41(50)40(49)39(34-46)54-44/h26,28,30,32,36-42,44,46-51H,3-25,27,29,31,33-35H2,1-2H3,(H,45,52)/b28-26+,32-30+/t36-,37+,38?,39+,40+,41?,42?,44+/m0/s1. The lowest BCUT2D eigenvalue weighted by Gasteiger charge is -2.40. The van der Waals surface area contributed by atoms with E-state index < -0.39 is 61.5 Å². The van der Waals surface area contributed by atoms with Crippen LogP contribution in [-0.4, -0.2) is 98.7 Å². The summed E-state index contributed by atoms with van der Waals surface area (Å²) in [4.78, 5) is 13.0. The fourth-order valence-corrected chi connectivity index (χ4v) is 6.98. The summed E-state index contributed by atoms with van der Waals surface area (Å²) >= 11 is 0. The average Bonchev–Trinajstić information content (AvgIpc) is 3.17. The third-order valence-electron chi connectivity index (χ3n) is 10.7. The molecule has 318 valence electrons. The van der Waals surface area contributed by atoms with Crippen LogP contribution in [-0.2, 0) is 14.3 Å². The number of allylic oxidation sites excluding steroid dienone is 3. The first-order valence-corrected chi connectivity index (χ1v) is 22.2. The molecule has 1 fully saturated rings. The second kappa shape index (κ2) is 34.8. The summed E-state index contributed by atoms with van der Waals surface area (Å²) in [5, 5.41) is 64.3. The molecule has 10 nitrogen and oxygen atoms in total. The Bertz CT molecular complexity index is 916. The predicted molar refractivity (Wildman–Crippen MR) is 218 cm³/mol. The molecule has 0 saturated carbocycles. The summed E-state index contributed by atoms with van der Waals surface area (Å²) in [5.74, 6) is -0.634. The number of hydrogen-bond acceptors (Lipinski definition) is 9. The smallest absolute Gasteiger partial charge is 0.249 e. The Morgan fingerprint density at radius 3 is 1.59 bits per heavy atom. The van der Waals surface area contributed by atoms with E-state index in [9.17, 15) is 35.4 Å². The van der Waals surface area contributed by atoms with Crippen LogP contribution in [0, 0.1) is 0 Å². The van der Waals surface area contributed by atoms with Gasteiger partial charge in [0.15, 0.2) is 6.29 Å². The highest BCUT2D eigenvalue weighted by molar-refractivity contribution is 5.80. The molecule has 10 heteroatoms. The number of rotatable bonds is 36. The summed E-state index contributed by atoms with van der Waals surface area (Å²) in [7, 11) is 0. The zero-order valence-corrected chi connectivity index (χ0v) is 34.3. The van der Waals surface area contributed by atoms with Crippen molar-refractivity contribution in [3.05, 3.63) is 24.3 Å². The van der Waals surface area contributed by atoms with E-state index in [1.165, 1.54) is 134 Å². The van der Waals surface area contributed by atoms with Crippen LogP contribution in [0.1, 0.15) is 187 Å². The van der Waals surface area contributed by atoms with Gasteiger partial charge in [0.25, 0.3) is 0 Å². The lowest BCUT2D eigenvalue weighted by Crippen LogP contribution is -2.60. The normalized spacial score (nSPS) is 22.3. The second-order valence-electron chi connectivity index (χ2n) is 15.7. The van der Waals surface area contributed by atoms with E-state index >= 15 is 0 Å². The van der Waals surface area contributed by atoms with Crippen LogP contribution in [0.15, 0.2) is 24.3 Å². The van der Waals surface area contributed by atoms with Crippen molar-refractivity contribution in [1.29, 1.82) is 0 Å². The van der Waals surface area contributed by atoms with E-state index in [4.69, 9.17) is 9.47 Å². The quantitative estimate of drug-likeness (QED) is 0.0250. The number of carbonyl (C=O) groups is 1. The fraction of sp³-hybridized carbons (Fsp3) is 0.886. The van der Waals surface area contributed by atoms with Gasteiger partial charge in [0.2, 0.25) is 5.91 Å². The van der Waals surface area contributed by atoms with Gasteiger partial charge < -0.3 is 45.4 Å². The Balaban J connectivity index is 2.35. The first kappa shape index (κ1) is 50.6. The number of carbonyl (C=O) groups excluding carboxylic acids is 1. The molecule has 8 atom stereocenters. The number of unbranched alkanes of at least 4 members (excludes halogenated alkanes) is 24. The van der Waals surface area contributed by atoms with Gasteiger partial charge in [-0.2, -0.15) is 0 Å². The highest BCUT2D eigenvalue weighted by Crippen LogP contribution is 2.22. The highest BCUT2D eigenvalue weighted by Gasteiger charge is 2.44. The highest BCUT2D eigenvalue weighted by atomic mass is 16.7. The molecule has 0 radical (unpaired) electrons. The van der Waals surface area contributed by atoms with Crippen molar-refractivity contribution in [3.63, 3.8) is 0 Å². The lowest BCUT2D eigenvalue weighted by molar-refractivity contribution is -0.302. The Labute approximate surface area is 329 Å². The summed E-state index contributed by atoms with van der Waals surface area (Å²) < 4.78 is 11.1. The van der Waals surface area contributed by atoms with Gasteiger partial charge >= 0.3 is 0 Å². The minimum Gasteiger partial charge on any atom is -0.394 e. The van der Waals surface area contributed by atoms with Crippen molar-refractivity contribution in [1.82, 2.24) is 5.32 Å². The molecule has 0 aromatic rings. The molecular weight excluding hydrogens is 686 g/mol. The molecule has 3 unspecified atom stereocenters. The van der Waals surface area contributed by atoms with Crippen molar-refractivity contribution >= 4 is 5.91 Å². The summed E-state index contributed by atoms with van der Waals surface area (Å²) in [6.45, 7) is 3.53. The molecule has 1 rings (SSSR count). The molecule has 0 bridgehead atoms. The van der Waals surface area contributed by atoms with Gasteiger partial charge in [0.1, 0.15) is 30.5 Å². The monoisotopic (exact) mass is 770 g/mol. The number of hydrogen-bond donors (Lipinski definition) is 7. The molecular formula is C44H83NO9. The first-order valence-electron chi connectivity index (χ1n) is 22.2. The first-order chi connectivity index (χ1) is 26.3. The van der Waals surface area contributed by atoms with E-state index in [1.54, 1.807) is 6.08 Å². The molecule has 0 aromatic heterocycles. The van der Waals surface area contributed by atoms with Crippen LogP contribution in [0.4, 0.5) is 0 Å². The van der Waals surface area contributed by atoms with Crippen LogP contribution in [0.3, 0.4) is 0 Å². The van der Waals surface area contributed by atoms with E-state index in [1.807, 2.05) is 12.2 Å². The second-order valence-corrected chi connectivity index (χ2v) is 15.7. The average molecular weight is 770 g/mol. The van der Waals surface area contributed by atoms with Crippen LogP contribution < -0.4 is 5.32 Å². The molecule has 7 N–H and O–H groups in total. The minimum atomic E-state index is -1.61. The third kappa shape index (κ3) is 25.0. The number of nitrogens with one attached hydrogen (secondary N) is 1. The number of aliphatic hydroxyl groups excluding tert-OH is 6. The maximum Gasteiger partial charge on any atom is 0.249 e. The Morgan fingerprint density at radius 2 is 1.11 bits per heavy atom. The molecule has 1 aliphatic rings. The van der Waals surface area contributed by atoms with Crippen molar-refractivity contribution in [3.8, 4) is 0 Å². The Hall–Kier alpha value is -1.37. The SMILES string of the molecule is CCCCCCC/C=C/C=C/[C@@H](O)[C@H](CO[C@@H]1O[C@H](CO)[C@@H](O)C(O)C1O)NC(=O)C(O)CCCCCCCCCCCCCCCCCCCCCC. The third-order valence-corrected chi connectivity index (χ3v) is 10.7. The van der Waals surface area contributed by atoms with Gasteiger partial charge in [-0.25, -0.2) is 0 Å². The summed E-state index contributed by atoms with van der Waals surface area (Å²) in [5.41, 5.74) is 0. The largest absolute Gasteiger partial charge is 0.394 e. The molecule has 1 heterocycles. The Morgan fingerprint density at radius 1 is 0.648 bits per heavy atom. The predicted octanol–water partition coefficient (Wildman–Crippen LogP) is 7.69. The van der Waals surface area contributed by atoms with E-state index in [2.05, 4.69) is 19.2 Å². The molecule has 1 aliphatic heterocycles. The van der Waals surface area contributed by atoms with E-state index in [0.717, 1.165) is 32.1 Å². The van der Waals surface area contributed by atoms with E-state index in [-0.39, 0.29) is 6.61 Å². The molecule has 1 saturated heterocycles. The molecule has 54 heavy (non-hydrogen) atoms. The minimum absolute atomic E-state index is 0.304. The van der Waals surface area contributed by atoms with Crippen LogP contribution in [0.5, 0.6) is 0 Å². The molecule has 0 aliphatic carbocycles.